The second-order valence-electron chi connectivity index (χ2n) is 4.25. The lowest BCUT2D eigenvalue weighted by atomic mass is 10.2. The number of nitrogens with two attached hydrogens (primary N) is 1. The van der Waals surface area contributed by atoms with E-state index in [9.17, 15) is 0 Å². The maximum atomic E-state index is 6.24. The van der Waals surface area contributed by atoms with Crippen molar-refractivity contribution in [2.45, 2.75) is 25.3 Å². The Balaban J connectivity index is 2.38. The topological polar surface area (TPSA) is 43.3 Å². The van der Waals surface area contributed by atoms with Crippen molar-refractivity contribution in [3.05, 3.63) is 34.2 Å². The maximum absolute atomic E-state index is 6.24. The van der Waals surface area contributed by atoms with Crippen LogP contribution in [0.15, 0.2) is 22.8 Å². The molecule has 0 aliphatic heterocycles. The third kappa shape index (κ3) is 1.25. The molecule has 3 nitrogen and oxygen atoms in total. The normalized spacial score (nSPS) is 18.3. The standard InChI is InChI=1S/C11H12BrN3/c1-7-10(12)15-8(11(13)5-6-11)3-2-4-9(15)14-7/h2-4H,5-6,13H2,1H3. The van der Waals surface area contributed by atoms with E-state index in [0.717, 1.165) is 34.5 Å². The fraction of sp³-hybridized carbons (Fsp3) is 0.364. The quantitative estimate of drug-likeness (QED) is 0.861. The number of nitrogens with zero attached hydrogens (tertiary/aromatic N) is 2. The molecule has 3 rings (SSSR count). The molecule has 0 saturated heterocycles. The summed E-state index contributed by atoms with van der Waals surface area (Å²) in [6.07, 6.45) is 2.13. The van der Waals surface area contributed by atoms with Gasteiger partial charge in [-0.3, -0.25) is 4.40 Å². The van der Waals surface area contributed by atoms with Crippen molar-refractivity contribution in [2.24, 2.45) is 5.73 Å². The Kier molecular flexibility index (Phi) is 1.77. The van der Waals surface area contributed by atoms with Crippen molar-refractivity contribution in [1.29, 1.82) is 0 Å². The molecule has 1 fully saturated rings. The molecule has 0 aromatic carbocycles. The maximum Gasteiger partial charge on any atom is 0.138 e. The van der Waals surface area contributed by atoms with Crippen LogP contribution >= 0.6 is 15.9 Å². The van der Waals surface area contributed by atoms with Gasteiger partial charge in [-0.05, 0) is 47.8 Å². The average Bonchev–Trinajstić information content (AvgIpc) is 2.89. The SMILES string of the molecule is Cc1nc2cccc(C3(N)CC3)n2c1Br. The Morgan fingerprint density at radius 1 is 1.47 bits per heavy atom. The van der Waals surface area contributed by atoms with E-state index >= 15 is 0 Å². The number of hydrogen-bond donors (Lipinski definition) is 1. The molecule has 1 saturated carbocycles. The smallest absolute Gasteiger partial charge is 0.138 e. The molecule has 0 spiro atoms. The summed E-state index contributed by atoms with van der Waals surface area (Å²) in [6, 6.07) is 6.12. The van der Waals surface area contributed by atoms with E-state index in [0.29, 0.717) is 0 Å². The second-order valence-corrected chi connectivity index (χ2v) is 5.00. The van der Waals surface area contributed by atoms with E-state index in [-0.39, 0.29) is 5.54 Å². The predicted octanol–water partition coefficient (Wildman–Crippen LogP) is 2.35. The predicted molar refractivity (Wildman–Crippen MR) is 62.7 cm³/mol. The first-order valence-electron chi connectivity index (χ1n) is 5.05. The van der Waals surface area contributed by atoms with Gasteiger partial charge < -0.3 is 5.73 Å². The number of hydrogen-bond acceptors (Lipinski definition) is 2. The lowest BCUT2D eigenvalue weighted by Crippen LogP contribution is -2.22. The van der Waals surface area contributed by atoms with Crippen LogP contribution in [0.1, 0.15) is 24.2 Å². The van der Waals surface area contributed by atoms with Gasteiger partial charge >= 0.3 is 0 Å². The molecule has 2 aromatic rings. The monoisotopic (exact) mass is 265 g/mol. The molecular formula is C11H12BrN3. The summed E-state index contributed by atoms with van der Waals surface area (Å²) in [4.78, 5) is 4.48. The molecule has 0 radical (unpaired) electrons. The van der Waals surface area contributed by atoms with Gasteiger partial charge in [0.15, 0.2) is 0 Å². The molecule has 0 amide bonds. The van der Waals surface area contributed by atoms with E-state index in [1.165, 1.54) is 0 Å². The van der Waals surface area contributed by atoms with Crippen LogP contribution in [-0.2, 0) is 5.54 Å². The van der Waals surface area contributed by atoms with Crippen LogP contribution in [-0.4, -0.2) is 9.38 Å². The summed E-state index contributed by atoms with van der Waals surface area (Å²) in [7, 11) is 0. The number of halogens is 1. The largest absolute Gasteiger partial charge is 0.320 e. The minimum Gasteiger partial charge on any atom is -0.320 e. The van der Waals surface area contributed by atoms with Crippen LogP contribution in [0.25, 0.3) is 5.65 Å². The number of fused-ring (bicyclic) bond motifs is 1. The average molecular weight is 266 g/mol. The van der Waals surface area contributed by atoms with Crippen LogP contribution in [0.3, 0.4) is 0 Å². The Bertz CT molecular complexity index is 540. The van der Waals surface area contributed by atoms with Gasteiger partial charge in [-0.2, -0.15) is 0 Å². The molecule has 0 unspecified atom stereocenters. The van der Waals surface area contributed by atoms with Crippen LogP contribution in [0.2, 0.25) is 0 Å². The first-order valence-corrected chi connectivity index (χ1v) is 5.84. The van der Waals surface area contributed by atoms with Crippen molar-refractivity contribution in [2.75, 3.05) is 0 Å². The molecule has 15 heavy (non-hydrogen) atoms. The van der Waals surface area contributed by atoms with Crippen molar-refractivity contribution in [3.63, 3.8) is 0 Å². The van der Waals surface area contributed by atoms with Gasteiger partial charge in [0, 0.05) is 5.69 Å². The van der Waals surface area contributed by atoms with Crippen LogP contribution in [0.5, 0.6) is 0 Å². The molecule has 0 atom stereocenters. The first kappa shape index (κ1) is 9.36. The van der Waals surface area contributed by atoms with Gasteiger partial charge in [0.25, 0.3) is 0 Å². The van der Waals surface area contributed by atoms with Gasteiger partial charge in [-0.25, -0.2) is 4.98 Å². The number of pyridine rings is 1. The number of aryl methyl sites for hydroxylation is 1. The van der Waals surface area contributed by atoms with Crippen molar-refractivity contribution >= 4 is 21.6 Å². The molecule has 2 heterocycles. The molecule has 1 aliphatic rings. The summed E-state index contributed by atoms with van der Waals surface area (Å²) in [6.45, 7) is 2.00. The van der Waals surface area contributed by atoms with Crippen molar-refractivity contribution < 1.29 is 0 Å². The minimum absolute atomic E-state index is 0.130. The van der Waals surface area contributed by atoms with E-state index < -0.39 is 0 Å². The molecular weight excluding hydrogens is 254 g/mol. The van der Waals surface area contributed by atoms with E-state index in [4.69, 9.17) is 5.73 Å². The lowest BCUT2D eigenvalue weighted by Gasteiger charge is -2.12. The highest BCUT2D eigenvalue weighted by molar-refractivity contribution is 9.10. The molecule has 2 aromatic heterocycles. The van der Waals surface area contributed by atoms with Crippen LogP contribution < -0.4 is 5.73 Å². The zero-order valence-corrected chi connectivity index (χ0v) is 10.1. The van der Waals surface area contributed by atoms with Gasteiger partial charge in [0.1, 0.15) is 10.3 Å². The summed E-state index contributed by atoms with van der Waals surface area (Å²) < 4.78 is 3.13. The lowest BCUT2D eigenvalue weighted by molar-refractivity contribution is 0.690. The third-order valence-electron chi connectivity index (χ3n) is 3.05. The summed E-state index contributed by atoms with van der Waals surface area (Å²) in [5.41, 5.74) is 9.25. The van der Waals surface area contributed by atoms with E-state index in [1.54, 1.807) is 0 Å². The Labute approximate surface area is 96.4 Å². The highest BCUT2D eigenvalue weighted by Crippen LogP contribution is 2.43. The molecule has 78 valence electrons. The highest BCUT2D eigenvalue weighted by atomic mass is 79.9. The zero-order chi connectivity index (χ0) is 10.6. The third-order valence-corrected chi connectivity index (χ3v) is 3.97. The molecule has 1 aliphatic carbocycles. The highest BCUT2D eigenvalue weighted by Gasteiger charge is 2.42. The van der Waals surface area contributed by atoms with Gasteiger partial charge in [-0.1, -0.05) is 6.07 Å². The van der Waals surface area contributed by atoms with Crippen LogP contribution in [0.4, 0.5) is 0 Å². The second kappa shape index (κ2) is 2.83. The number of imidazole rings is 1. The van der Waals surface area contributed by atoms with E-state index in [2.05, 4.69) is 31.4 Å². The molecule has 0 bridgehead atoms. The Morgan fingerprint density at radius 2 is 2.20 bits per heavy atom. The van der Waals surface area contributed by atoms with E-state index in [1.807, 2.05) is 19.1 Å². The Hall–Kier alpha value is -0.870. The van der Waals surface area contributed by atoms with Crippen molar-refractivity contribution in [3.8, 4) is 0 Å². The van der Waals surface area contributed by atoms with Crippen molar-refractivity contribution in [1.82, 2.24) is 9.38 Å². The fourth-order valence-electron chi connectivity index (χ4n) is 1.95. The molecule has 4 heteroatoms. The molecule has 2 N–H and O–H groups in total. The zero-order valence-electron chi connectivity index (χ0n) is 8.50. The fourth-order valence-corrected chi connectivity index (χ4v) is 2.41. The van der Waals surface area contributed by atoms with Gasteiger partial charge in [0.2, 0.25) is 0 Å². The summed E-state index contributed by atoms with van der Waals surface area (Å²) >= 11 is 3.57. The van der Waals surface area contributed by atoms with Gasteiger partial charge in [0.05, 0.1) is 11.2 Å². The summed E-state index contributed by atoms with van der Waals surface area (Å²) in [5.74, 6) is 0. The number of aromatic nitrogens is 2. The number of rotatable bonds is 1. The first-order chi connectivity index (χ1) is 7.12. The Morgan fingerprint density at radius 3 is 2.87 bits per heavy atom. The van der Waals surface area contributed by atoms with Crippen LogP contribution in [0, 0.1) is 6.92 Å². The summed E-state index contributed by atoms with van der Waals surface area (Å²) in [5, 5.41) is 0. The van der Waals surface area contributed by atoms with Gasteiger partial charge in [-0.15, -0.1) is 0 Å². The minimum atomic E-state index is -0.130.